The van der Waals surface area contributed by atoms with Crippen LogP contribution in [0.4, 0.5) is 0 Å². The lowest BCUT2D eigenvalue weighted by atomic mass is 10.3. The zero-order chi connectivity index (χ0) is 8.43. The monoisotopic (exact) mass is 175 g/mol. The number of carbonyl (C=O) groups is 1. The van der Waals surface area contributed by atoms with Crippen LogP contribution >= 0.6 is 11.6 Å². The van der Waals surface area contributed by atoms with Crippen LogP contribution in [0.1, 0.15) is 6.42 Å². The van der Waals surface area contributed by atoms with E-state index in [-0.39, 0.29) is 11.7 Å². The normalized spacial score (nSPS) is 23.9. The van der Waals surface area contributed by atoms with Crippen molar-refractivity contribution >= 4 is 29.2 Å². The highest BCUT2D eigenvalue weighted by Crippen LogP contribution is 2.09. The van der Waals surface area contributed by atoms with Gasteiger partial charge in [-0.05, 0) is 0 Å². The highest BCUT2D eigenvalue weighted by Gasteiger charge is 2.17. The van der Waals surface area contributed by atoms with E-state index >= 15 is 0 Å². The van der Waals surface area contributed by atoms with E-state index in [2.05, 4.69) is 9.98 Å². The van der Waals surface area contributed by atoms with Crippen molar-refractivity contribution in [2.75, 3.05) is 0 Å². The minimum Gasteiger partial charge on any atom is -0.475 e. The molecule has 0 aromatic carbocycles. The van der Waals surface area contributed by atoms with Gasteiger partial charge in [-0.3, -0.25) is 0 Å². The van der Waals surface area contributed by atoms with Crippen molar-refractivity contribution < 1.29 is 9.90 Å². The lowest BCUT2D eigenvalue weighted by Gasteiger charge is -2.09. The minimum atomic E-state index is -1.21. The van der Waals surface area contributed by atoms with Gasteiger partial charge in [0, 0.05) is 6.42 Å². The van der Waals surface area contributed by atoms with Crippen LogP contribution in [0.25, 0.3) is 0 Å². The molecule has 3 N–H and O–H groups in total. The highest BCUT2D eigenvalue weighted by atomic mass is 35.5. The fourth-order valence-electron chi connectivity index (χ4n) is 0.664. The van der Waals surface area contributed by atoms with Crippen LogP contribution in [-0.2, 0) is 4.79 Å². The third-order valence-corrected chi connectivity index (χ3v) is 1.33. The number of carboxylic acid groups (broad SMARTS) is 1. The molecule has 0 fully saturated rings. The van der Waals surface area contributed by atoms with Gasteiger partial charge in [0.05, 0.1) is 0 Å². The number of hydrogen-bond acceptors (Lipinski definition) is 4. The molecule has 0 amide bonds. The fraction of sp³-hybridized carbons (Fsp3) is 0.400. The van der Waals surface area contributed by atoms with Gasteiger partial charge in [-0.25, -0.2) is 14.8 Å². The quantitative estimate of drug-likeness (QED) is 0.427. The van der Waals surface area contributed by atoms with E-state index in [0.717, 1.165) is 0 Å². The molecule has 0 radical (unpaired) electrons. The summed E-state index contributed by atoms with van der Waals surface area (Å²) in [6.45, 7) is 0. The van der Waals surface area contributed by atoms with Crippen LogP contribution in [0.3, 0.4) is 0 Å². The molecule has 1 unspecified atom stereocenters. The summed E-state index contributed by atoms with van der Waals surface area (Å²) in [4.78, 5) is 17.3. The summed E-state index contributed by atoms with van der Waals surface area (Å²) >= 11 is 5.54. The average molecular weight is 176 g/mol. The number of rotatable bonds is 1. The Morgan fingerprint density at radius 3 is 2.91 bits per heavy atom. The van der Waals surface area contributed by atoms with E-state index in [4.69, 9.17) is 22.4 Å². The highest BCUT2D eigenvalue weighted by molar-refractivity contribution is 6.38. The first-order valence-corrected chi connectivity index (χ1v) is 3.31. The first-order valence-electron chi connectivity index (χ1n) is 2.88. The standard InChI is InChI=1S/C5H6ClN3O2/c6-2-1-3(7)9-4(8-2)5(10)11/h2H,1H2,(H,10,11)(H2,7,8,9). The third kappa shape index (κ3) is 1.91. The van der Waals surface area contributed by atoms with Gasteiger partial charge in [0.15, 0.2) is 0 Å². The predicted molar refractivity (Wildman–Crippen MR) is 41.0 cm³/mol. The van der Waals surface area contributed by atoms with Gasteiger partial charge in [0.2, 0.25) is 5.84 Å². The van der Waals surface area contributed by atoms with Crippen molar-refractivity contribution in [1.82, 2.24) is 0 Å². The molecular formula is C5H6ClN3O2. The maximum atomic E-state index is 10.3. The van der Waals surface area contributed by atoms with Gasteiger partial charge in [-0.15, -0.1) is 0 Å². The van der Waals surface area contributed by atoms with Crippen LogP contribution in [0, 0.1) is 0 Å². The lowest BCUT2D eigenvalue weighted by Crippen LogP contribution is -2.26. The molecule has 0 aromatic rings. The molecule has 11 heavy (non-hydrogen) atoms. The maximum absolute atomic E-state index is 10.3. The first kappa shape index (κ1) is 8.00. The van der Waals surface area contributed by atoms with Crippen molar-refractivity contribution in [2.45, 2.75) is 11.9 Å². The Hall–Kier alpha value is -1.10. The topological polar surface area (TPSA) is 88.0 Å². The second-order valence-corrected chi connectivity index (χ2v) is 2.50. The SMILES string of the molecule is NC1=NC(C(=O)O)=NC(Cl)C1. The summed E-state index contributed by atoms with van der Waals surface area (Å²) < 4.78 is 0. The molecule has 60 valence electrons. The fourth-order valence-corrected chi connectivity index (χ4v) is 0.915. The van der Waals surface area contributed by atoms with E-state index in [1.165, 1.54) is 0 Å². The van der Waals surface area contributed by atoms with Crippen molar-refractivity contribution in [3.05, 3.63) is 0 Å². The van der Waals surface area contributed by atoms with Gasteiger partial charge in [0.25, 0.3) is 0 Å². The number of alkyl halides is 1. The molecule has 1 rings (SSSR count). The molecular weight excluding hydrogens is 170 g/mol. The second-order valence-electron chi connectivity index (χ2n) is 2.00. The Bertz CT molecular complexity index is 248. The summed E-state index contributed by atoms with van der Waals surface area (Å²) in [5.74, 6) is -1.33. The smallest absolute Gasteiger partial charge is 0.373 e. The Morgan fingerprint density at radius 1 is 1.82 bits per heavy atom. The number of aliphatic carboxylic acids is 1. The first-order chi connectivity index (χ1) is 5.09. The number of carboxylic acids is 1. The Kier molecular flexibility index (Phi) is 2.09. The van der Waals surface area contributed by atoms with E-state index in [1.807, 2.05) is 0 Å². The van der Waals surface area contributed by atoms with Gasteiger partial charge in [-0.2, -0.15) is 0 Å². The minimum absolute atomic E-state index is 0.206. The van der Waals surface area contributed by atoms with E-state index in [1.54, 1.807) is 0 Å². The molecule has 0 spiro atoms. The van der Waals surface area contributed by atoms with Crippen molar-refractivity contribution in [2.24, 2.45) is 15.7 Å². The Labute approximate surface area is 67.6 Å². The molecule has 0 aromatic heterocycles. The number of aliphatic imine (C=N–C) groups is 2. The summed E-state index contributed by atoms with van der Waals surface area (Å²) in [5.41, 5.74) is 4.68. The number of amidine groups is 2. The average Bonchev–Trinajstić information content (AvgIpc) is 1.85. The van der Waals surface area contributed by atoms with Gasteiger partial charge in [-0.1, -0.05) is 11.6 Å². The van der Waals surface area contributed by atoms with Crippen LogP contribution < -0.4 is 5.73 Å². The predicted octanol–water partition coefficient (Wildman–Crippen LogP) is -0.205. The van der Waals surface area contributed by atoms with Gasteiger partial charge in [0.1, 0.15) is 11.3 Å². The summed E-state index contributed by atoms with van der Waals surface area (Å²) in [7, 11) is 0. The van der Waals surface area contributed by atoms with Gasteiger partial charge < -0.3 is 10.8 Å². The lowest BCUT2D eigenvalue weighted by molar-refractivity contribution is -0.129. The molecule has 0 aliphatic carbocycles. The van der Waals surface area contributed by atoms with E-state index in [0.29, 0.717) is 6.42 Å². The number of nitrogens with two attached hydrogens (primary N) is 1. The zero-order valence-electron chi connectivity index (χ0n) is 5.49. The molecule has 1 heterocycles. The summed E-state index contributed by atoms with van der Waals surface area (Å²) in [6.07, 6.45) is 0.304. The van der Waals surface area contributed by atoms with Gasteiger partial charge >= 0.3 is 5.97 Å². The molecule has 0 saturated heterocycles. The van der Waals surface area contributed by atoms with Crippen LogP contribution in [0.2, 0.25) is 0 Å². The zero-order valence-corrected chi connectivity index (χ0v) is 6.25. The third-order valence-electron chi connectivity index (χ3n) is 1.08. The second kappa shape index (κ2) is 2.87. The largest absolute Gasteiger partial charge is 0.475 e. The van der Waals surface area contributed by atoms with Crippen molar-refractivity contribution in [3.63, 3.8) is 0 Å². The molecule has 1 aliphatic rings. The van der Waals surface area contributed by atoms with Crippen molar-refractivity contribution in [3.8, 4) is 0 Å². The molecule has 1 atom stereocenters. The molecule has 0 bridgehead atoms. The van der Waals surface area contributed by atoms with Crippen LogP contribution in [0.15, 0.2) is 9.98 Å². The van der Waals surface area contributed by atoms with E-state index < -0.39 is 11.5 Å². The number of halogens is 1. The van der Waals surface area contributed by atoms with Crippen LogP contribution in [-0.4, -0.2) is 28.2 Å². The molecule has 0 saturated carbocycles. The summed E-state index contributed by atoms with van der Waals surface area (Å²) in [5, 5.41) is 8.42. The number of nitrogens with zero attached hydrogens (tertiary/aromatic N) is 2. The molecule has 5 nitrogen and oxygen atoms in total. The molecule has 6 heteroatoms. The maximum Gasteiger partial charge on any atom is 0.373 e. The Morgan fingerprint density at radius 2 is 2.45 bits per heavy atom. The van der Waals surface area contributed by atoms with E-state index in [9.17, 15) is 4.79 Å². The Balaban J connectivity index is 2.87. The van der Waals surface area contributed by atoms with Crippen molar-refractivity contribution in [1.29, 1.82) is 0 Å². The van der Waals surface area contributed by atoms with Crippen LogP contribution in [0.5, 0.6) is 0 Å². The summed E-state index contributed by atoms with van der Waals surface area (Å²) in [6, 6.07) is 0. The molecule has 1 aliphatic heterocycles. The number of hydrogen-bond donors (Lipinski definition) is 2.